The summed E-state index contributed by atoms with van der Waals surface area (Å²) < 4.78 is 0. The predicted octanol–water partition coefficient (Wildman–Crippen LogP) is 1.51. The van der Waals surface area contributed by atoms with Gasteiger partial charge in [-0.05, 0) is 18.1 Å². The fourth-order valence-corrected chi connectivity index (χ4v) is 2.20. The molecule has 1 aliphatic carbocycles. The molecule has 1 aromatic carbocycles. The third kappa shape index (κ3) is 1.50. The van der Waals surface area contributed by atoms with Crippen molar-refractivity contribution in [3.8, 4) is 23.0 Å². The quantitative estimate of drug-likeness (QED) is 0.363. The van der Waals surface area contributed by atoms with Crippen LogP contribution in [-0.2, 0) is 0 Å². The van der Waals surface area contributed by atoms with Crippen molar-refractivity contribution >= 4 is 17.0 Å². The maximum absolute atomic E-state index is 9.84. The molecule has 5 N–H and O–H groups in total. The van der Waals surface area contributed by atoms with Crippen LogP contribution in [0.15, 0.2) is 12.1 Å². The van der Waals surface area contributed by atoms with Gasteiger partial charge in [-0.15, -0.1) is 0 Å². The molecule has 98 valence electrons. The van der Waals surface area contributed by atoms with E-state index in [2.05, 4.69) is 4.98 Å². The summed E-state index contributed by atoms with van der Waals surface area (Å²) in [5.74, 6) is -2.82. The van der Waals surface area contributed by atoms with E-state index in [1.54, 1.807) is 12.2 Å². The predicted molar refractivity (Wildman–Crippen MR) is 67.0 cm³/mol. The van der Waals surface area contributed by atoms with Crippen LogP contribution in [0.5, 0.6) is 23.0 Å². The number of phenolic OH excluding ortho intramolecular Hbond substituents is 4. The number of aliphatic hydroxyl groups excluding tert-OH is 1. The maximum atomic E-state index is 9.84. The number of nitrogens with zero attached hydrogens (tertiary/aromatic N) is 1. The summed E-state index contributed by atoms with van der Waals surface area (Å²) in [4.78, 5) is 4.08. The number of aromatic nitrogens is 1. The third-order valence-electron chi connectivity index (χ3n) is 3.21. The Morgan fingerprint density at radius 2 is 1.68 bits per heavy atom. The molecule has 0 bridgehead atoms. The van der Waals surface area contributed by atoms with Gasteiger partial charge in [0.25, 0.3) is 0 Å². The van der Waals surface area contributed by atoms with Crippen LogP contribution in [0.3, 0.4) is 0 Å². The minimum atomic E-state index is -0.835. The number of hydrogen-bond donors (Lipinski definition) is 5. The van der Waals surface area contributed by atoms with Crippen molar-refractivity contribution in [2.75, 3.05) is 0 Å². The first-order valence-corrected chi connectivity index (χ1v) is 5.65. The molecule has 6 heteroatoms. The molecule has 0 amide bonds. The number of rotatable bonds is 0. The first-order chi connectivity index (χ1) is 9.00. The second-order valence-electron chi connectivity index (χ2n) is 4.41. The normalized spacial score (nSPS) is 17.6. The van der Waals surface area contributed by atoms with E-state index in [0.29, 0.717) is 17.7 Å². The van der Waals surface area contributed by atoms with Crippen LogP contribution in [0.25, 0.3) is 17.0 Å². The monoisotopic (exact) mass is 261 g/mol. The highest BCUT2D eigenvalue weighted by Crippen LogP contribution is 2.48. The average molecular weight is 261 g/mol. The van der Waals surface area contributed by atoms with Crippen LogP contribution >= 0.6 is 0 Å². The Labute approximate surface area is 107 Å². The lowest BCUT2D eigenvalue weighted by molar-refractivity contribution is 0.175. The largest absolute Gasteiger partial charge is 0.504 e. The van der Waals surface area contributed by atoms with Crippen molar-refractivity contribution in [1.82, 2.24) is 4.98 Å². The van der Waals surface area contributed by atoms with Gasteiger partial charge < -0.3 is 25.5 Å². The fourth-order valence-electron chi connectivity index (χ4n) is 2.20. The molecule has 6 nitrogen and oxygen atoms in total. The summed E-state index contributed by atoms with van der Waals surface area (Å²) in [6, 6.07) is 1.49. The highest BCUT2D eigenvalue weighted by atomic mass is 16.3. The summed E-state index contributed by atoms with van der Waals surface area (Å²) >= 11 is 0. The second-order valence-corrected chi connectivity index (χ2v) is 4.41. The number of fused-ring (bicyclic) bond motifs is 2. The van der Waals surface area contributed by atoms with E-state index < -0.39 is 29.1 Å². The van der Waals surface area contributed by atoms with Gasteiger partial charge in [0.2, 0.25) is 11.5 Å². The van der Waals surface area contributed by atoms with Crippen molar-refractivity contribution in [3.05, 3.63) is 23.4 Å². The van der Waals surface area contributed by atoms with E-state index in [4.69, 9.17) is 0 Å². The van der Waals surface area contributed by atoms with Gasteiger partial charge in [-0.25, -0.2) is 4.98 Å². The average Bonchev–Trinajstić information content (AvgIpc) is 2.42. The van der Waals surface area contributed by atoms with E-state index >= 15 is 0 Å². The van der Waals surface area contributed by atoms with E-state index in [-0.39, 0.29) is 10.9 Å². The maximum Gasteiger partial charge on any atom is 0.206 e. The molecule has 19 heavy (non-hydrogen) atoms. The number of benzene rings is 1. The SMILES string of the molecule is Oc1c(O)c(O)c2nc3c(cc2c1O)C=CCC3O. The van der Waals surface area contributed by atoms with Gasteiger partial charge in [-0.1, -0.05) is 12.2 Å². The molecule has 1 heterocycles. The van der Waals surface area contributed by atoms with Crippen LogP contribution in [0.4, 0.5) is 0 Å². The van der Waals surface area contributed by atoms with Gasteiger partial charge in [0.1, 0.15) is 11.6 Å². The Hall–Kier alpha value is -2.47. The molecule has 1 aliphatic rings. The molecule has 1 aromatic heterocycles. The number of aliphatic hydroxyl groups is 1. The molecule has 2 aromatic rings. The summed E-state index contributed by atoms with van der Waals surface area (Å²) in [7, 11) is 0. The van der Waals surface area contributed by atoms with Crippen LogP contribution in [0.1, 0.15) is 23.8 Å². The van der Waals surface area contributed by atoms with Gasteiger partial charge in [0.05, 0.1) is 11.1 Å². The smallest absolute Gasteiger partial charge is 0.206 e. The highest BCUT2D eigenvalue weighted by Gasteiger charge is 2.23. The Bertz CT molecular complexity index is 723. The first-order valence-electron chi connectivity index (χ1n) is 5.65. The lowest BCUT2D eigenvalue weighted by atomic mass is 9.98. The molecule has 3 rings (SSSR count). The molecule has 0 aliphatic heterocycles. The first kappa shape index (κ1) is 11.6. The lowest BCUT2D eigenvalue weighted by Crippen LogP contribution is -2.06. The number of hydrogen-bond acceptors (Lipinski definition) is 6. The van der Waals surface area contributed by atoms with E-state index in [1.165, 1.54) is 6.07 Å². The molecule has 0 fully saturated rings. The zero-order valence-corrected chi connectivity index (χ0v) is 9.70. The minimum Gasteiger partial charge on any atom is -0.504 e. The molecule has 0 saturated carbocycles. The minimum absolute atomic E-state index is 0.0686. The topological polar surface area (TPSA) is 114 Å². The molecular formula is C13H11NO5. The van der Waals surface area contributed by atoms with Crippen LogP contribution in [-0.4, -0.2) is 30.5 Å². The van der Waals surface area contributed by atoms with E-state index in [0.717, 1.165) is 0 Å². The van der Waals surface area contributed by atoms with Crippen molar-refractivity contribution in [2.24, 2.45) is 0 Å². The Kier molecular flexibility index (Phi) is 2.30. The zero-order chi connectivity index (χ0) is 13.7. The fraction of sp³-hybridized carbons (Fsp3) is 0.154. The molecule has 0 radical (unpaired) electrons. The van der Waals surface area contributed by atoms with Crippen LogP contribution < -0.4 is 0 Å². The number of phenols is 4. The van der Waals surface area contributed by atoms with Gasteiger partial charge in [0, 0.05) is 0 Å². The van der Waals surface area contributed by atoms with Crippen molar-refractivity contribution < 1.29 is 25.5 Å². The Morgan fingerprint density at radius 1 is 1.00 bits per heavy atom. The van der Waals surface area contributed by atoms with Crippen LogP contribution in [0, 0.1) is 0 Å². The lowest BCUT2D eigenvalue weighted by Gasteiger charge is -2.17. The van der Waals surface area contributed by atoms with Crippen LogP contribution in [0.2, 0.25) is 0 Å². The summed E-state index contributed by atoms with van der Waals surface area (Å²) in [6.45, 7) is 0. The van der Waals surface area contributed by atoms with E-state index in [1.807, 2.05) is 0 Å². The summed E-state index contributed by atoms with van der Waals surface area (Å²) in [5, 5.41) is 48.5. The summed E-state index contributed by atoms with van der Waals surface area (Å²) in [5.41, 5.74) is 0.877. The molecule has 0 spiro atoms. The molecule has 1 atom stereocenters. The van der Waals surface area contributed by atoms with Gasteiger partial charge in [0.15, 0.2) is 11.5 Å². The van der Waals surface area contributed by atoms with Gasteiger partial charge in [-0.3, -0.25) is 0 Å². The van der Waals surface area contributed by atoms with Crippen molar-refractivity contribution in [3.63, 3.8) is 0 Å². The summed E-state index contributed by atoms with van der Waals surface area (Å²) in [6.07, 6.45) is 3.09. The second kappa shape index (κ2) is 3.76. The zero-order valence-electron chi connectivity index (χ0n) is 9.70. The van der Waals surface area contributed by atoms with Crippen molar-refractivity contribution in [1.29, 1.82) is 0 Å². The highest BCUT2D eigenvalue weighted by molar-refractivity contribution is 5.96. The number of pyridine rings is 1. The standard InChI is InChI=1S/C13H11NO5/c15-7-3-1-2-5-4-6-9(14-8(5)7)11(17)13(19)12(18)10(6)16/h1-2,4,7,15-19H,3H2. The van der Waals surface area contributed by atoms with E-state index in [9.17, 15) is 25.5 Å². The third-order valence-corrected chi connectivity index (χ3v) is 3.21. The molecular weight excluding hydrogens is 250 g/mol. The molecule has 0 saturated heterocycles. The van der Waals surface area contributed by atoms with Crippen molar-refractivity contribution in [2.45, 2.75) is 12.5 Å². The number of aromatic hydroxyl groups is 4. The Balaban J connectivity index is 2.45. The molecule has 1 unspecified atom stereocenters. The van der Waals surface area contributed by atoms with Gasteiger partial charge in [-0.2, -0.15) is 0 Å². The van der Waals surface area contributed by atoms with Gasteiger partial charge >= 0.3 is 0 Å². The Morgan fingerprint density at radius 3 is 2.42 bits per heavy atom.